The monoisotopic (exact) mass is 474 g/mol. The van der Waals surface area contributed by atoms with Gasteiger partial charge < -0.3 is 20.3 Å². The van der Waals surface area contributed by atoms with Gasteiger partial charge in [0.2, 0.25) is 0 Å². The molecule has 172 valence electrons. The number of ether oxygens (including phenoxy) is 2. The summed E-state index contributed by atoms with van der Waals surface area (Å²) in [5.41, 5.74) is 8.73. The smallest absolute Gasteiger partial charge is 0.337 e. The summed E-state index contributed by atoms with van der Waals surface area (Å²) >= 11 is 1.30. The maximum atomic E-state index is 11.9. The molecule has 1 atom stereocenters. The van der Waals surface area contributed by atoms with Gasteiger partial charge in [-0.25, -0.2) is 9.78 Å². The van der Waals surface area contributed by atoms with Gasteiger partial charge >= 0.3 is 5.97 Å². The van der Waals surface area contributed by atoms with Crippen LogP contribution in [-0.4, -0.2) is 36.4 Å². The summed E-state index contributed by atoms with van der Waals surface area (Å²) in [6, 6.07) is 18.1. The van der Waals surface area contributed by atoms with E-state index in [9.17, 15) is 15.3 Å². The second-order valence-corrected chi connectivity index (χ2v) is 8.45. The topological polar surface area (TPSA) is 142 Å². The second-order valence-electron chi connectivity index (χ2n) is 7.12. The fourth-order valence-corrected chi connectivity index (χ4v) is 4.36. The zero-order valence-electron chi connectivity index (χ0n) is 18.6. The van der Waals surface area contributed by atoms with Crippen LogP contribution >= 0.6 is 11.8 Å². The van der Waals surface area contributed by atoms with E-state index in [4.69, 9.17) is 20.3 Å². The van der Waals surface area contributed by atoms with Crippen LogP contribution in [0.3, 0.4) is 0 Å². The minimum absolute atomic E-state index is 0.0233. The number of pyridine rings is 1. The number of nitriles is 2. The molecule has 1 heterocycles. The van der Waals surface area contributed by atoms with Gasteiger partial charge in [-0.15, -0.1) is 0 Å². The lowest BCUT2D eigenvalue weighted by Crippen LogP contribution is -2.05. The van der Waals surface area contributed by atoms with Gasteiger partial charge in [-0.1, -0.05) is 36.0 Å². The first-order valence-electron chi connectivity index (χ1n) is 10.3. The van der Waals surface area contributed by atoms with Crippen molar-refractivity contribution in [3.05, 3.63) is 70.8 Å². The number of methoxy groups -OCH3 is 1. The molecule has 9 heteroatoms. The Balaban J connectivity index is 2.03. The first-order chi connectivity index (χ1) is 16.4. The molecule has 0 saturated carbocycles. The van der Waals surface area contributed by atoms with E-state index in [0.29, 0.717) is 27.5 Å². The Labute approximate surface area is 201 Å². The molecule has 3 N–H and O–H groups in total. The number of anilines is 1. The van der Waals surface area contributed by atoms with Crippen LogP contribution in [0.5, 0.6) is 5.75 Å². The van der Waals surface area contributed by atoms with Gasteiger partial charge in [-0.3, -0.25) is 0 Å². The van der Waals surface area contributed by atoms with E-state index in [0.717, 1.165) is 5.56 Å². The van der Waals surface area contributed by atoms with E-state index in [2.05, 4.69) is 17.1 Å². The number of aromatic nitrogens is 1. The molecule has 0 unspecified atom stereocenters. The number of carbonyl (C=O) groups excluding carboxylic acids is 1. The van der Waals surface area contributed by atoms with Gasteiger partial charge in [-0.2, -0.15) is 10.5 Å². The number of thioether (sulfide) groups is 1. The van der Waals surface area contributed by atoms with E-state index in [1.807, 2.05) is 13.0 Å². The highest BCUT2D eigenvalue weighted by Gasteiger charge is 2.22. The maximum absolute atomic E-state index is 11.9. The summed E-state index contributed by atoms with van der Waals surface area (Å²) in [5, 5.41) is 28.9. The van der Waals surface area contributed by atoms with Crippen LogP contribution in [0.15, 0.2) is 53.6 Å². The SMILES string of the molecule is COC(=O)c1cccc([C@H](C)Sc2nc(N)c(C#N)c(-c3ccc(OCCO)cc3)c2C#N)c1. The lowest BCUT2D eigenvalue weighted by Gasteiger charge is -2.17. The maximum Gasteiger partial charge on any atom is 0.337 e. The Morgan fingerprint density at radius 1 is 1.18 bits per heavy atom. The third-order valence-corrected chi connectivity index (χ3v) is 6.13. The van der Waals surface area contributed by atoms with E-state index >= 15 is 0 Å². The van der Waals surface area contributed by atoms with Gasteiger partial charge in [0, 0.05) is 10.8 Å². The molecule has 0 bridgehead atoms. The van der Waals surface area contributed by atoms with Crippen molar-refractivity contribution < 1.29 is 19.4 Å². The average molecular weight is 475 g/mol. The number of benzene rings is 2. The third-order valence-electron chi connectivity index (χ3n) is 4.98. The van der Waals surface area contributed by atoms with Crippen molar-refractivity contribution in [2.24, 2.45) is 0 Å². The number of aliphatic hydroxyl groups is 1. The molecule has 0 fully saturated rings. The molecule has 0 saturated heterocycles. The molecule has 0 aliphatic rings. The Kier molecular flexibility index (Phi) is 8.10. The van der Waals surface area contributed by atoms with E-state index in [1.54, 1.807) is 42.5 Å². The van der Waals surface area contributed by atoms with Crippen molar-refractivity contribution in [3.63, 3.8) is 0 Å². The number of carbonyl (C=O) groups is 1. The standard InChI is InChI=1S/C25H22N4O4S/c1-15(17-4-3-5-18(12-17)25(31)32-2)34-24-21(14-27)22(20(13-26)23(28)29-24)16-6-8-19(9-7-16)33-11-10-30/h3-9,12,15,30H,10-11H2,1-2H3,(H2,28,29)/t15-/m0/s1. The molecule has 0 aliphatic carbocycles. The van der Waals surface area contributed by atoms with Gasteiger partial charge in [0.05, 0.1) is 24.8 Å². The Bertz CT molecular complexity index is 1280. The van der Waals surface area contributed by atoms with Gasteiger partial charge in [-0.05, 0) is 42.3 Å². The molecule has 0 aliphatic heterocycles. The third kappa shape index (κ3) is 5.29. The van der Waals surface area contributed by atoms with E-state index < -0.39 is 5.97 Å². The summed E-state index contributed by atoms with van der Waals surface area (Å²) < 4.78 is 10.2. The minimum Gasteiger partial charge on any atom is -0.491 e. The summed E-state index contributed by atoms with van der Waals surface area (Å²) in [6.07, 6.45) is 0. The summed E-state index contributed by atoms with van der Waals surface area (Å²) in [5.74, 6) is 0.131. The first-order valence-corrected chi connectivity index (χ1v) is 11.1. The second kappa shape index (κ2) is 11.2. The minimum atomic E-state index is -0.439. The van der Waals surface area contributed by atoms with Crippen LogP contribution in [-0.2, 0) is 4.74 Å². The summed E-state index contributed by atoms with van der Waals surface area (Å²) in [4.78, 5) is 16.2. The lowest BCUT2D eigenvalue weighted by atomic mass is 9.97. The highest BCUT2D eigenvalue weighted by atomic mass is 32.2. The molecule has 0 amide bonds. The van der Waals surface area contributed by atoms with Crippen LogP contribution in [0.4, 0.5) is 5.82 Å². The zero-order valence-corrected chi connectivity index (χ0v) is 19.4. The van der Waals surface area contributed by atoms with Crippen molar-refractivity contribution in [3.8, 4) is 29.0 Å². The van der Waals surface area contributed by atoms with Crippen LogP contribution in [0, 0.1) is 22.7 Å². The van der Waals surface area contributed by atoms with E-state index in [-0.39, 0.29) is 35.4 Å². The predicted molar refractivity (Wildman–Crippen MR) is 128 cm³/mol. The number of hydrogen-bond donors (Lipinski definition) is 2. The normalized spacial score (nSPS) is 11.2. The Hall–Kier alpha value is -4.05. The quantitative estimate of drug-likeness (QED) is 0.364. The molecular formula is C25H22N4O4S. The average Bonchev–Trinajstić information content (AvgIpc) is 2.87. The largest absolute Gasteiger partial charge is 0.491 e. The van der Waals surface area contributed by atoms with Crippen LogP contribution in [0.1, 0.15) is 39.2 Å². The van der Waals surface area contributed by atoms with Crippen molar-refractivity contribution in [2.75, 3.05) is 26.1 Å². The first kappa shape index (κ1) is 24.6. The van der Waals surface area contributed by atoms with Crippen molar-refractivity contribution >= 4 is 23.5 Å². The molecular weight excluding hydrogens is 452 g/mol. The molecule has 3 rings (SSSR count). The molecule has 3 aromatic rings. The zero-order chi connectivity index (χ0) is 24.7. The van der Waals surface area contributed by atoms with Crippen LogP contribution in [0.25, 0.3) is 11.1 Å². The summed E-state index contributed by atoms with van der Waals surface area (Å²) in [7, 11) is 1.32. The molecule has 8 nitrogen and oxygen atoms in total. The molecule has 0 radical (unpaired) electrons. The molecule has 0 spiro atoms. The predicted octanol–water partition coefficient (Wildman–Crippen LogP) is 4.09. The van der Waals surface area contributed by atoms with Crippen molar-refractivity contribution in [2.45, 2.75) is 17.2 Å². The number of nitrogens with two attached hydrogens (primary N) is 1. The Morgan fingerprint density at radius 3 is 2.50 bits per heavy atom. The number of nitrogens with zero attached hydrogens (tertiary/aromatic N) is 3. The molecule has 1 aromatic heterocycles. The highest BCUT2D eigenvalue weighted by molar-refractivity contribution is 7.99. The Morgan fingerprint density at radius 2 is 1.88 bits per heavy atom. The number of nitrogen functional groups attached to an aromatic ring is 1. The number of aliphatic hydroxyl groups excluding tert-OH is 1. The van der Waals surface area contributed by atoms with Gasteiger partial charge in [0.15, 0.2) is 0 Å². The van der Waals surface area contributed by atoms with Crippen LogP contribution in [0.2, 0.25) is 0 Å². The van der Waals surface area contributed by atoms with Gasteiger partial charge in [0.25, 0.3) is 0 Å². The fourth-order valence-electron chi connectivity index (χ4n) is 3.33. The molecule has 2 aromatic carbocycles. The number of esters is 1. The lowest BCUT2D eigenvalue weighted by molar-refractivity contribution is 0.0600. The summed E-state index contributed by atoms with van der Waals surface area (Å²) in [6.45, 7) is 1.97. The van der Waals surface area contributed by atoms with Crippen LogP contribution < -0.4 is 10.5 Å². The number of rotatable bonds is 8. The highest BCUT2D eigenvalue weighted by Crippen LogP contribution is 2.41. The molecule has 34 heavy (non-hydrogen) atoms. The number of hydrogen-bond acceptors (Lipinski definition) is 9. The van der Waals surface area contributed by atoms with Crippen molar-refractivity contribution in [1.29, 1.82) is 10.5 Å². The van der Waals surface area contributed by atoms with Crippen molar-refractivity contribution in [1.82, 2.24) is 4.98 Å². The van der Waals surface area contributed by atoms with Gasteiger partial charge in [0.1, 0.15) is 40.9 Å². The fraction of sp³-hybridized carbons (Fsp3) is 0.200. The van der Waals surface area contributed by atoms with E-state index in [1.165, 1.54) is 18.9 Å².